The van der Waals surface area contributed by atoms with E-state index >= 15 is 0 Å². The van der Waals surface area contributed by atoms with Gasteiger partial charge in [0.05, 0.1) is 20.1 Å². The molecule has 0 saturated carbocycles. The van der Waals surface area contributed by atoms with Crippen molar-refractivity contribution in [3.05, 3.63) is 43.9 Å². The van der Waals surface area contributed by atoms with Gasteiger partial charge in [-0.05, 0) is 35.8 Å². The summed E-state index contributed by atoms with van der Waals surface area (Å²) in [5.74, 6) is 1.59. The molecule has 2 N–H and O–H groups in total. The molecule has 22 heavy (non-hydrogen) atoms. The van der Waals surface area contributed by atoms with E-state index in [9.17, 15) is 4.79 Å². The van der Waals surface area contributed by atoms with Gasteiger partial charge in [-0.15, -0.1) is 0 Å². The third-order valence-corrected chi connectivity index (χ3v) is 4.37. The second kappa shape index (κ2) is 7.35. The van der Waals surface area contributed by atoms with Crippen LogP contribution in [0.2, 0.25) is 10.0 Å². The molecule has 0 aliphatic heterocycles. The number of furan rings is 1. The summed E-state index contributed by atoms with van der Waals surface area (Å²) in [6.45, 7) is 4.44. The van der Waals surface area contributed by atoms with Crippen LogP contribution >= 0.6 is 39.1 Å². The first-order chi connectivity index (χ1) is 10.4. The summed E-state index contributed by atoms with van der Waals surface area (Å²) in [5, 5.41) is 6.74. The Hall–Kier alpha value is -1.24. The Morgan fingerprint density at radius 2 is 2.05 bits per heavy atom. The molecule has 0 bridgehead atoms. The van der Waals surface area contributed by atoms with Gasteiger partial charge in [-0.1, -0.05) is 23.2 Å². The van der Waals surface area contributed by atoms with Crippen molar-refractivity contribution in [2.75, 3.05) is 18.4 Å². The molecule has 2 heterocycles. The van der Waals surface area contributed by atoms with Gasteiger partial charge in [0, 0.05) is 19.3 Å². The van der Waals surface area contributed by atoms with E-state index in [0.717, 1.165) is 0 Å². The molecule has 2 aromatic heterocycles. The Labute approximate surface area is 146 Å². The molecule has 0 saturated heterocycles. The van der Waals surface area contributed by atoms with Crippen molar-refractivity contribution in [1.29, 1.82) is 0 Å². The maximum Gasteiger partial charge on any atom is 0.256 e. The number of halogens is 3. The van der Waals surface area contributed by atoms with Crippen LogP contribution in [-0.4, -0.2) is 24.0 Å². The first-order valence-electron chi connectivity index (χ1n) is 6.48. The lowest BCUT2D eigenvalue weighted by molar-refractivity contribution is 0.0953. The van der Waals surface area contributed by atoms with Gasteiger partial charge < -0.3 is 15.1 Å². The van der Waals surface area contributed by atoms with Crippen LogP contribution in [0.1, 0.15) is 21.9 Å². The predicted molar refractivity (Wildman–Crippen MR) is 91.0 cm³/mol. The highest BCUT2D eigenvalue weighted by molar-refractivity contribution is 9.10. The molecule has 8 heteroatoms. The number of nitrogens with one attached hydrogen (secondary N) is 2. The molecule has 0 aliphatic carbocycles. The fourth-order valence-corrected chi connectivity index (χ4v) is 2.89. The second-order valence-electron chi connectivity index (χ2n) is 4.57. The lowest BCUT2D eigenvalue weighted by Gasteiger charge is -2.08. The van der Waals surface area contributed by atoms with Crippen LogP contribution in [0, 0.1) is 13.8 Å². The van der Waals surface area contributed by atoms with Gasteiger partial charge in [-0.3, -0.25) is 4.79 Å². The topological polar surface area (TPSA) is 67.2 Å². The number of aryl methyl sites for hydroxylation is 2. The summed E-state index contributed by atoms with van der Waals surface area (Å²) < 4.78 is 6.08. The van der Waals surface area contributed by atoms with Crippen LogP contribution in [0.15, 0.2) is 21.2 Å². The fraction of sp³-hybridized carbons (Fsp3) is 0.286. The zero-order valence-electron chi connectivity index (χ0n) is 12.0. The van der Waals surface area contributed by atoms with Crippen molar-refractivity contribution >= 4 is 50.9 Å². The molecule has 0 aliphatic rings. The van der Waals surface area contributed by atoms with E-state index in [1.807, 2.05) is 0 Å². The molecular weight excluding hydrogens is 393 g/mol. The van der Waals surface area contributed by atoms with Crippen molar-refractivity contribution in [3.8, 4) is 0 Å². The van der Waals surface area contributed by atoms with Crippen molar-refractivity contribution in [2.45, 2.75) is 13.8 Å². The van der Waals surface area contributed by atoms with Crippen LogP contribution in [0.4, 0.5) is 5.82 Å². The minimum absolute atomic E-state index is 0.196. The molecule has 0 unspecified atom stereocenters. The second-order valence-corrected chi connectivity index (χ2v) is 6.21. The van der Waals surface area contributed by atoms with Gasteiger partial charge in [0.15, 0.2) is 0 Å². The number of aromatic nitrogens is 1. The smallest absolute Gasteiger partial charge is 0.256 e. The number of pyridine rings is 1. The Kier molecular flexibility index (Phi) is 5.72. The number of rotatable bonds is 5. The molecule has 2 aromatic rings. The molecule has 0 atom stereocenters. The lowest BCUT2D eigenvalue weighted by atomic mass is 10.2. The van der Waals surface area contributed by atoms with Crippen LogP contribution in [-0.2, 0) is 0 Å². The summed E-state index contributed by atoms with van der Waals surface area (Å²) in [5.41, 5.74) is 0.514. The van der Waals surface area contributed by atoms with Gasteiger partial charge in [0.25, 0.3) is 5.91 Å². The van der Waals surface area contributed by atoms with Crippen LogP contribution in [0.5, 0.6) is 0 Å². The van der Waals surface area contributed by atoms with E-state index in [0.29, 0.717) is 50.5 Å². The van der Waals surface area contributed by atoms with E-state index in [1.54, 1.807) is 19.9 Å². The molecule has 5 nitrogen and oxygen atoms in total. The first kappa shape index (κ1) is 17.1. The molecule has 118 valence electrons. The van der Waals surface area contributed by atoms with Gasteiger partial charge in [-0.25, -0.2) is 4.98 Å². The number of hydrogen-bond donors (Lipinski definition) is 2. The van der Waals surface area contributed by atoms with E-state index < -0.39 is 0 Å². The number of anilines is 1. The molecule has 1 amide bonds. The summed E-state index contributed by atoms with van der Waals surface area (Å²) in [6, 6.07) is 1.60. The van der Waals surface area contributed by atoms with Gasteiger partial charge in [0.2, 0.25) is 0 Å². The van der Waals surface area contributed by atoms with Gasteiger partial charge in [0.1, 0.15) is 17.3 Å². The third kappa shape index (κ3) is 3.94. The SMILES string of the molecule is Cc1oc(C)c(C(=O)NCCNc2ncc(Cl)cc2Cl)c1Br. The van der Waals surface area contributed by atoms with Crippen molar-refractivity contribution in [3.63, 3.8) is 0 Å². The first-order valence-corrected chi connectivity index (χ1v) is 8.03. The number of hydrogen-bond acceptors (Lipinski definition) is 4. The largest absolute Gasteiger partial charge is 0.465 e. The molecule has 0 spiro atoms. The molecular formula is C14H14BrCl2N3O2. The summed E-state index contributed by atoms with van der Waals surface area (Å²) in [6.07, 6.45) is 1.50. The maximum absolute atomic E-state index is 12.1. The average Bonchev–Trinajstić information content (AvgIpc) is 2.70. The Morgan fingerprint density at radius 3 is 2.64 bits per heavy atom. The van der Waals surface area contributed by atoms with Crippen molar-refractivity contribution in [2.24, 2.45) is 0 Å². The zero-order valence-corrected chi connectivity index (χ0v) is 15.1. The van der Waals surface area contributed by atoms with Crippen LogP contribution < -0.4 is 10.6 Å². The summed E-state index contributed by atoms with van der Waals surface area (Å²) in [4.78, 5) is 16.2. The normalized spacial score (nSPS) is 10.6. The van der Waals surface area contributed by atoms with E-state index in [4.69, 9.17) is 27.6 Å². The average molecular weight is 407 g/mol. The standard InChI is InChI=1S/C14H14BrCl2N3O2/c1-7-11(12(15)8(2)22-7)14(21)19-4-3-18-13-10(17)5-9(16)6-20-13/h5-6H,3-4H2,1-2H3,(H,18,20)(H,19,21). The minimum atomic E-state index is -0.196. The number of amides is 1. The maximum atomic E-state index is 12.1. The Morgan fingerprint density at radius 1 is 1.32 bits per heavy atom. The molecule has 0 fully saturated rings. The van der Waals surface area contributed by atoms with Gasteiger partial charge in [-0.2, -0.15) is 0 Å². The fourth-order valence-electron chi connectivity index (χ4n) is 1.91. The third-order valence-electron chi connectivity index (χ3n) is 2.92. The molecule has 0 aromatic carbocycles. The quantitative estimate of drug-likeness (QED) is 0.730. The van der Waals surface area contributed by atoms with E-state index in [2.05, 4.69) is 31.5 Å². The minimum Gasteiger partial charge on any atom is -0.465 e. The van der Waals surface area contributed by atoms with E-state index in [1.165, 1.54) is 6.20 Å². The van der Waals surface area contributed by atoms with Crippen LogP contribution in [0.25, 0.3) is 0 Å². The molecule has 2 rings (SSSR count). The van der Waals surface area contributed by atoms with Crippen LogP contribution in [0.3, 0.4) is 0 Å². The number of carbonyl (C=O) groups excluding carboxylic acids is 1. The molecule has 0 radical (unpaired) electrons. The van der Waals surface area contributed by atoms with Crippen molar-refractivity contribution < 1.29 is 9.21 Å². The zero-order chi connectivity index (χ0) is 16.3. The van der Waals surface area contributed by atoms with Crippen molar-refractivity contribution in [1.82, 2.24) is 10.3 Å². The Bertz CT molecular complexity index is 704. The van der Waals surface area contributed by atoms with Gasteiger partial charge >= 0.3 is 0 Å². The highest BCUT2D eigenvalue weighted by Crippen LogP contribution is 2.27. The lowest BCUT2D eigenvalue weighted by Crippen LogP contribution is -2.29. The summed E-state index contributed by atoms with van der Waals surface area (Å²) >= 11 is 15.1. The monoisotopic (exact) mass is 405 g/mol. The summed E-state index contributed by atoms with van der Waals surface area (Å²) in [7, 11) is 0. The number of nitrogens with zero attached hydrogens (tertiary/aromatic N) is 1. The highest BCUT2D eigenvalue weighted by atomic mass is 79.9. The number of carbonyl (C=O) groups is 1. The highest BCUT2D eigenvalue weighted by Gasteiger charge is 2.19. The predicted octanol–water partition coefficient (Wildman–Crippen LogP) is 4.20. The Balaban J connectivity index is 1.87. The van der Waals surface area contributed by atoms with E-state index in [-0.39, 0.29) is 5.91 Å².